The molecule has 3 heterocycles. The van der Waals surface area contributed by atoms with Crippen LogP contribution in [-0.4, -0.2) is 62.6 Å². The van der Waals surface area contributed by atoms with Crippen molar-refractivity contribution >= 4 is 12.1 Å². The summed E-state index contributed by atoms with van der Waals surface area (Å²) < 4.78 is 11.9. The van der Waals surface area contributed by atoms with Crippen molar-refractivity contribution in [1.82, 2.24) is 29.9 Å². The third-order valence-corrected chi connectivity index (χ3v) is 5.41. The second-order valence-corrected chi connectivity index (χ2v) is 7.79. The second kappa shape index (κ2) is 11.4. The highest BCUT2D eigenvalue weighted by Crippen LogP contribution is 2.29. The number of esters is 1. The SMILES string of the molecule is CCCN(C)C(=O)OCc1c(-c2ccc(-c3ncccc3CC(=O)OC)c(CC)n2)nnn1C. The number of carbonyl (C=O) groups excluding carboxylic acids is 2. The van der Waals surface area contributed by atoms with E-state index in [1.165, 1.54) is 12.0 Å². The summed E-state index contributed by atoms with van der Waals surface area (Å²) in [5, 5.41) is 8.36. The first-order valence-electron chi connectivity index (χ1n) is 11.2. The van der Waals surface area contributed by atoms with E-state index in [2.05, 4.69) is 15.3 Å². The molecule has 0 aromatic carbocycles. The molecule has 0 radical (unpaired) electrons. The minimum Gasteiger partial charge on any atom is -0.469 e. The molecule has 1 amide bonds. The zero-order valence-corrected chi connectivity index (χ0v) is 20.2. The van der Waals surface area contributed by atoms with Crippen LogP contribution in [-0.2, 0) is 40.8 Å². The van der Waals surface area contributed by atoms with Crippen LogP contribution in [0.1, 0.15) is 37.2 Å². The van der Waals surface area contributed by atoms with Crippen LogP contribution in [0.5, 0.6) is 0 Å². The molecule has 180 valence electrons. The quantitative estimate of drug-likeness (QED) is 0.442. The molecule has 0 fully saturated rings. The highest BCUT2D eigenvalue weighted by atomic mass is 16.6. The topological polar surface area (TPSA) is 112 Å². The summed E-state index contributed by atoms with van der Waals surface area (Å²) in [5.74, 6) is -0.333. The molecule has 0 aliphatic rings. The van der Waals surface area contributed by atoms with Gasteiger partial charge in [0.05, 0.1) is 30.6 Å². The Hall–Kier alpha value is -3.82. The van der Waals surface area contributed by atoms with Crippen LogP contribution in [0.4, 0.5) is 4.79 Å². The van der Waals surface area contributed by atoms with Crippen LogP contribution in [0, 0.1) is 0 Å². The number of ether oxygens (including phenoxy) is 2. The minimum atomic E-state index is -0.403. The molecule has 3 aromatic heterocycles. The molecule has 0 saturated heterocycles. The maximum absolute atomic E-state index is 12.2. The third kappa shape index (κ3) is 5.56. The summed E-state index contributed by atoms with van der Waals surface area (Å²) in [6, 6.07) is 7.41. The molecule has 3 rings (SSSR count). The first-order chi connectivity index (χ1) is 16.4. The summed E-state index contributed by atoms with van der Waals surface area (Å²) in [4.78, 5) is 34.9. The molecule has 0 bridgehead atoms. The summed E-state index contributed by atoms with van der Waals surface area (Å²) in [6.45, 7) is 4.64. The lowest BCUT2D eigenvalue weighted by molar-refractivity contribution is -0.139. The second-order valence-electron chi connectivity index (χ2n) is 7.79. The van der Waals surface area contributed by atoms with Crippen molar-refractivity contribution < 1.29 is 19.1 Å². The van der Waals surface area contributed by atoms with Crippen molar-refractivity contribution in [3.63, 3.8) is 0 Å². The van der Waals surface area contributed by atoms with Crippen LogP contribution >= 0.6 is 0 Å². The molecule has 10 nitrogen and oxygen atoms in total. The molecule has 0 aliphatic carbocycles. The zero-order chi connectivity index (χ0) is 24.7. The van der Waals surface area contributed by atoms with Gasteiger partial charge in [0, 0.05) is 32.4 Å². The van der Waals surface area contributed by atoms with Crippen LogP contribution in [0.2, 0.25) is 0 Å². The summed E-state index contributed by atoms with van der Waals surface area (Å²) >= 11 is 0. The Kier molecular flexibility index (Phi) is 8.29. The van der Waals surface area contributed by atoms with Crippen LogP contribution in [0.25, 0.3) is 22.6 Å². The van der Waals surface area contributed by atoms with E-state index in [4.69, 9.17) is 14.5 Å². The highest BCUT2D eigenvalue weighted by Gasteiger charge is 2.20. The summed E-state index contributed by atoms with van der Waals surface area (Å²) in [7, 11) is 4.81. The maximum Gasteiger partial charge on any atom is 0.409 e. The van der Waals surface area contributed by atoms with E-state index >= 15 is 0 Å². The van der Waals surface area contributed by atoms with Gasteiger partial charge in [-0.1, -0.05) is 25.1 Å². The lowest BCUT2D eigenvalue weighted by Crippen LogP contribution is -2.28. The predicted molar refractivity (Wildman–Crippen MR) is 126 cm³/mol. The molecule has 0 N–H and O–H groups in total. The molecule has 0 atom stereocenters. The smallest absolute Gasteiger partial charge is 0.409 e. The van der Waals surface area contributed by atoms with Crippen molar-refractivity contribution in [2.45, 2.75) is 39.7 Å². The lowest BCUT2D eigenvalue weighted by atomic mass is 10.00. The molecule has 34 heavy (non-hydrogen) atoms. The van der Waals surface area contributed by atoms with Gasteiger partial charge in [-0.15, -0.1) is 5.10 Å². The van der Waals surface area contributed by atoms with Crippen molar-refractivity contribution in [2.75, 3.05) is 20.7 Å². The minimum absolute atomic E-state index is 0.0279. The zero-order valence-electron chi connectivity index (χ0n) is 20.2. The molecule has 0 unspecified atom stereocenters. The van der Waals surface area contributed by atoms with Crippen molar-refractivity contribution in [3.8, 4) is 22.6 Å². The Balaban J connectivity index is 1.92. The molecule has 0 saturated carbocycles. The van der Waals surface area contributed by atoms with Crippen molar-refractivity contribution in [2.24, 2.45) is 7.05 Å². The highest BCUT2D eigenvalue weighted by molar-refractivity contribution is 5.77. The third-order valence-electron chi connectivity index (χ3n) is 5.41. The molecular weight excluding hydrogens is 436 g/mol. The number of carbonyl (C=O) groups is 2. The molecular formula is C24H30N6O4. The van der Waals surface area contributed by atoms with Gasteiger partial charge in [0.15, 0.2) is 0 Å². The summed E-state index contributed by atoms with van der Waals surface area (Å²) in [5.41, 5.74) is 4.91. The average Bonchev–Trinajstić information content (AvgIpc) is 3.22. The predicted octanol–water partition coefficient (Wildman–Crippen LogP) is 3.20. The average molecular weight is 467 g/mol. The van der Waals surface area contributed by atoms with Gasteiger partial charge in [-0.2, -0.15) is 0 Å². The van der Waals surface area contributed by atoms with E-state index in [1.54, 1.807) is 31.0 Å². The Labute approximate surface area is 198 Å². The Morgan fingerprint density at radius 1 is 1.15 bits per heavy atom. The monoisotopic (exact) mass is 466 g/mol. The Bertz CT molecular complexity index is 1160. The van der Waals surface area contributed by atoms with Gasteiger partial charge < -0.3 is 14.4 Å². The van der Waals surface area contributed by atoms with Gasteiger partial charge in [0.2, 0.25) is 0 Å². The van der Waals surface area contributed by atoms with E-state index in [1.807, 2.05) is 32.0 Å². The van der Waals surface area contributed by atoms with E-state index in [0.717, 1.165) is 23.2 Å². The van der Waals surface area contributed by atoms with Gasteiger partial charge in [-0.3, -0.25) is 14.8 Å². The maximum atomic E-state index is 12.2. The number of aryl methyl sites for hydroxylation is 2. The largest absolute Gasteiger partial charge is 0.469 e. The van der Waals surface area contributed by atoms with Crippen molar-refractivity contribution in [1.29, 1.82) is 0 Å². The van der Waals surface area contributed by atoms with Crippen LogP contribution in [0.15, 0.2) is 30.5 Å². The first-order valence-corrected chi connectivity index (χ1v) is 11.2. The van der Waals surface area contributed by atoms with Crippen molar-refractivity contribution in [3.05, 3.63) is 47.4 Å². The first kappa shape index (κ1) is 24.8. The lowest BCUT2D eigenvalue weighted by Gasteiger charge is -2.16. The van der Waals surface area contributed by atoms with Gasteiger partial charge >= 0.3 is 12.1 Å². The number of nitrogens with zero attached hydrogens (tertiary/aromatic N) is 6. The number of hydrogen-bond acceptors (Lipinski definition) is 8. The Morgan fingerprint density at radius 2 is 1.94 bits per heavy atom. The van der Waals surface area contributed by atoms with Gasteiger partial charge in [-0.05, 0) is 36.6 Å². The van der Waals surface area contributed by atoms with Gasteiger partial charge in [0.1, 0.15) is 18.0 Å². The van der Waals surface area contributed by atoms with E-state index in [9.17, 15) is 9.59 Å². The van der Waals surface area contributed by atoms with E-state index < -0.39 is 6.09 Å². The fraction of sp³-hybridized carbons (Fsp3) is 0.417. The Morgan fingerprint density at radius 3 is 2.65 bits per heavy atom. The number of aromatic nitrogens is 5. The van der Waals surface area contributed by atoms with Gasteiger partial charge in [-0.25, -0.2) is 9.48 Å². The fourth-order valence-corrected chi connectivity index (χ4v) is 3.57. The number of hydrogen-bond donors (Lipinski definition) is 0. The number of pyridine rings is 2. The number of amides is 1. The fourth-order valence-electron chi connectivity index (χ4n) is 3.57. The normalized spacial score (nSPS) is 10.7. The van der Waals surface area contributed by atoms with Gasteiger partial charge in [0.25, 0.3) is 0 Å². The molecule has 10 heteroatoms. The number of rotatable bonds is 9. The summed E-state index contributed by atoms with van der Waals surface area (Å²) in [6.07, 6.45) is 2.90. The van der Waals surface area contributed by atoms with Crippen LogP contribution < -0.4 is 0 Å². The molecule has 3 aromatic rings. The molecule has 0 aliphatic heterocycles. The van der Waals surface area contributed by atoms with Crippen LogP contribution in [0.3, 0.4) is 0 Å². The standard InChI is InChI=1S/C24H30N6O4/c1-6-13-29(3)24(32)34-15-20-23(27-28-30(20)4)19-11-10-17(18(7-2)26-19)22-16(9-8-12-25-22)14-21(31)33-5/h8-12H,6-7,13-15H2,1-5H3. The van der Waals surface area contributed by atoms with E-state index in [0.29, 0.717) is 35.7 Å². The number of methoxy groups -OCH3 is 1. The van der Waals surface area contributed by atoms with E-state index in [-0.39, 0.29) is 19.0 Å². The molecule has 0 spiro atoms.